The number of allylic oxidation sites excluding steroid dienone is 1. The summed E-state index contributed by atoms with van der Waals surface area (Å²) in [5, 5.41) is 21.1. The summed E-state index contributed by atoms with van der Waals surface area (Å²) >= 11 is 2.00. The Labute approximate surface area is 157 Å². The molecule has 8 atom stereocenters. The summed E-state index contributed by atoms with van der Waals surface area (Å²) in [6, 6.07) is 0. The third kappa shape index (κ3) is 2.59. The van der Waals surface area contributed by atoms with E-state index in [1.54, 1.807) is 5.57 Å². The SMILES string of the molecule is CCC1CC(O)[C@@]2(C)CC[C@@H]3[C@@H](CC=C4CC(O)CC[C@@]43CSC)[C@H]12. The number of rotatable bonds is 3. The molecule has 4 aliphatic carbocycles. The van der Waals surface area contributed by atoms with Gasteiger partial charge in [0.2, 0.25) is 0 Å². The Morgan fingerprint density at radius 2 is 2.04 bits per heavy atom. The topological polar surface area (TPSA) is 40.5 Å². The Bertz CT molecular complexity index is 546. The van der Waals surface area contributed by atoms with Crippen LogP contribution < -0.4 is 0 Å². The van der Waals surface area contributed by atoms with Crippen LogP contribution in [0.2, 0.25) is 0 Å². The van der Waals surface area contributed by atoms with Crippen LogP contribution in [0.25, 0.3) is 0 Å². The molecule has 142 valence electrons. The van der Waals surface area contributed by atoms with Crippen LogP contribution in [0.15, 0.2) is 11.6 Å². The van der Waals surface area contributed by atoms with E-state index < -0.39 is 0 Å². The molecule has 3 saturated carbocycles. The average Bonchev–Trinajstić information content (AvgIpc) is 2.86. The zero-order valence-electron chi connectivity index (χ0n) is 16.2. The first-order valence-electron chi connectivity index (χ1n) is 10.5. The third-order valence-corrected chi connectivity index (χ3v) is 9.62. The first-order chi connectivity index (χ1) is 12.0. The number of hydrogen-bond acceptors (Lipinski definition) is 3. The molecular weight excluding hydrogens is 328 g/mol. The second-order valence-electron chi connectivity index (χ2n) is 9.71. The molecule has 0 amide bonds. The molecular formula is C22H36O2S. The quantitative estimate of drug-likeness (QED) is 0.716. The summed E-state index contributed by atoms with van der Waals surface area (Å²) in [7, 11) is 0. The molecule has 0 aliphatic heterocycles. The highest BCUT2D eigenvalue weighted by molar-refractivity contribution is 7.98. The van der Waals surface area contributed by atoms with Gasteiger partial charge in [-0.25, -0.2) is 0 Å². The highest BCUT2D eigenvalue weighted by Gasteiger charge is 2.61. The van der Waals surface area contributed by atoms with Crippen LogP contribution in [0.4, 0.5) is 0 Å². The molecule has 0 spiro atoms. The molecule has 4 aliphatic rings. The first-order valence-corrected chi connectivity index (χ1v) is 11.9. The van der Waals surface area contributed by atoms with Gasteiger partial charge in [-0.3, -0.25) is 0 Å². The van der Waals surface area contributed by atoms with E-state index in [0.29, 0.717) is 17.3 Å². The van der Waals surface area contributed by atoms with Gasteiger partial charge in [0.05, 0.1) is 12.2 Å². The van der Waals surface area contributed by atoms with Gasteiger partial charge in [0.15, 0.2) is 0 Å². The number of thioether (sulfide) groups is 1. The van der Waals surface area contributed by atoms with Crippen molar-refractivity contribution in [3.8, 4) is 0 Å². The van der Waals surface area contributed by atoms with Crippen LogP contribution in [-0.2, 0) is 0 Å². The van der Waals surface area contributed by atoms with Gasteiger partial charge in [0, 0.05) is 11.2 Å². The van der Waals surface area contributed by atoms with E-state index in [4.69, 9.17) is 0 Å². The van der Waals surface area contributed by atoms with E-state index in [0.717, 1.165) is 31.1 Å². The summed E-state index contributed by atoms with van der Waals surface area (Å²) < 4.78 is 0. The van der Waals surface area contributed by atoms with Crippen LogP contribution in [0, 0.1) is 34.5 Å². The zero-order chi connectivity index (χ0) is 17.8. The maximum Gasteiger partial charge on any atom is 0.0599 e. The Hall–Kier alpha value is 0.01000. The Kier molecular flexibility index (Phi) is 4.82. The average molecular weight is 365 g/mol. The number of aliphatic hydroxyl groups is 2. The smallest absolute Gasteiger partial charge is 0.0599 e. The minimum absolute atomic E-state index is 0.0987. The third-order valence-electron chi connectivity index (χ3n) is 8.82. The normalized spacial score (nSPS) is 52.1. The van der Waals surface area contributed by atoms with Crippen molar-refractivity contribution in [3.63, 3.8) is 0 Å². The summed E-state index contributed by atoms with van der Waals surface area (Å²) in [5.74, 6) is 4.12. The summed E-state index contributed by atoms with van der Waals surface area (Å²) in [5.41, 5.74) is 2.05. The monoisotopic (exact) mass is 364 g/mol. The van der Waals surface area contributed by atoms with Crippen LogP contribution >= 0.6 is 11.8 Å². The Morgan fingerprint density at radius 1 is 1.24 bits per heavy atom. The van der Waals surface area contributed by atoms with E-state index in [-0.39, 0.29) is 17.6 Å². The highest BCUT2D eigenvalue weighted by atomic mass is 32.2. The standard InChI is InChI=1S/C22H36O2S/c1-4-14-11-19(24)21(2)9-8-18-17(20(14)21)6-5-15-12-16(23)7-10-22(15,18)13-25-3/h5,14,16-20,23-24H,4,6-13H2,1-3H3/t14?,16?,17-,18-,19?,20+,21-,22-/m1/s1. The molecule has 2 nitrogen and oxygen atoms in total. The van der Waals surface area contributed by atoms with Crippen LogP contribution in [0.3, 0.4) is 0 Å². The lowest BCUT2D eigenvalue weighted by Crippen LogP contribution is -2.53. The molecule has 3 unspecified atom stereocenters. The van der Waals surface area contributed by atoms with E-state index in [9.17, 15) is 10.2 Å². The van der Waals surface area contributed by atoms with Gasteiger partial charge in [-0.1, -0.05) is 31.9 Å². The second-order valence-corrected chi connectivity index (χ2v) is 10.6. The van der Waals surface area contributed by atoms with Gasteiger partial charge in [-0.2, -0.15) is 11.8 Å². The fourth-order valence-electron chi connectivity index (χ4n) is 7.65. The predicted molar refractivity (Wildman–Crippen MR) is 106 cm³/mol. The molecule has 0 heterocycles. The number of fused-ring (bicyclic) bond motifs is 5. The molecule has 0 aromatic rings. The highest BCUT2D eigenvalue weighted by Crippen LogP contribution is 2.66. The van der Waals surface area contributed by atoms with Crippen molar-refractivity contribution in [3.05, 3.63) is 11.6 Å². The van der Waals surface area contributed by atoms with Crippen molar-refractivity contribution >= 4 is 11.8 Å². The first kappa shape index (κ1) is 18.4. The molecule has 2 N–H and O–H groups in total. The van der Waals surface area contributed by atoms with Crippen molar-refractivity contribution < 1.29 is 10.2 Å². The minimum atomic E-state index is -0.122. The molecule has 0 aromatic heterocycles. The van der Waals surface area contributed by atoms with E-state index in [1.165, 1.54) is 37.9 Å². The molecule has 0 bridgehead atoms. The lowest BCUT2D eigenvalue weighted by molar-refractivity contribution is -0.0779. The van der Waals surface area contributed by atoms with E-state index >= 15 is 0 Å². The van der Waals surface area contributed by atoms with Gasteiger partial charge in [0.25, 0.3) is 0 Å². The summed E-state index contributed by atoms with van der Waals surface area (Å²) in [6.07, 6.45) is 13.5. The number of aliphatic hydroxyl groups excluding tert-OH is 2. The molecule has 4 rings (SSSR count). The van der Waals surface area contributed by atoms with Gasteiger partial charge in [0.1, 0.15) is 0 Å². The lowest BCUT2D eigenvalue weighted by Gasteiger charge is -2.59. The van der Waals surface area contributed by atoms with Gasteiger partial charge >= 0.3 is 0 Å². The summed E-state index contributed by atoms with van der Waals surface area (Å²) in [4.78, 5) is 0. The van der Waals surface area contributed by atoms with Crippen LogP contribution in [0.5, 0.6) is 0 Å². The Morgan fingerprint density at radius 3 is 2.76 bits per heavy atom. The van der Waals surface area contributed by atoms with E-state index in [1.807, 2.05) is 11.8 Å². The van der Waals surface area contributed by atoms with Crippen molar-refractivity contribution in [2.45, 2.75) is 77.4 Å². The van der Waals surface area contributed by atoms with Crippen molar-refractivity contribution in [1.29, 1.82) is 0 Å². The van der Waals surface area contributed by atoms with Gasteiger partial charge < -0.3 is 10.2 Å². The molecule has 0 aromatic carbocycles. The second kappa shape index (κ2) is 6.56. The van der Waals surface area contributed by atoms with Crippen molar-refractivity contribution in [2.75, 3.05) is 12.0 Å². The van der Waals surface area contributed by atoms with Crippen LogP contribution in [-0.4, -0.2) is 34.4 Å². The largest absolute Gasteiger partial charge is 0.393 e. The van der Waals surface area contributed by atoms with Crippen LogP contribution in [0.1, 0.15) is 65.2 Å². The fourth-order valence-corrected chi connectivity index (χ4v) is 8.70. The van der Waals surface area contributed by atoms with Gasteiger partial charge in [-0.15, -0.1) is 0 Å². The van der Waals surface area contributed by atoms with E-state index in [2.05, 4.69) is 26.2 Å². The maximum atomic E-state index is 10.9. The summed E-state index contributed by atoms with van der Waals surface area (Å²) in [6.45, 7) is 4.71. The lowest BCUT2D eigenvalue weighted by atomic mass is 9.47. The molecule has 3 fully saturated rings. The molecule has 0 radical (unpaired) electrons. The zero-order valence-corrected chi connectivity index (χ0v) is 17.0. The molecule has 0 saturated heterocycles. The fraction of sp³-hybridized carbons (Fsp3) is 0.909. The van der Waals surface area contributed by atoms with Crippen molar-refractivity contribution in [1.82, 2.24) is 0 Å². The molecule has 3 heteroatoms. The Balaban J connectivity index is 1.73. The number of hydrogen-bond donors (Lipinski definition) is 2. The van der Waals surface area contributed by atoms with Gasteiger partial charge in [-0.05, 0) is 80.3 Å². The van der Waals surface area contributed by atoms with Crippen molar-refractivity contribution in [2.24, 2.45) is 34.5 Å². The predicted octanol–water partition coefficient (Wildman–Crippen LogP) is 4.65. The maximum absolute atomic E-state index is 10.9. The molecule has 25 heavy (non-hydrogen) atoms. The minimum Gasteiger partial charge on any atom is -0.393 e.